The largest absolute Gasteiger partial charge is 0.356 e. The second-order valence-corrected chi connectivity index (χ2v) is 3.47. The Labute approximate surface area is 61.0 Å². The van der Waals surface area contributed by atoms with Gasteiger partial charge in [-0.15, -0.1) is 0 Å². The van der Waals surface area contributed by atoms with Gasteiger partial charge in [0.05, 0.1) is 0 Å². The molecule has 1 aliphatic carbocycles. The zero-order chi connectivity index (χ0) is 6.97. The fourth-order valence-electron chi connectivity index (χ4n) is 2.10. The maximum absolute atomic E-state index is 11.1. The molecule has 0 aromatic rings. The molecular formula is C8H13NO. The minimum Gasteiger partial charge on any atom is -0.356 e. The Morgan fingerprint density at radius 2 is 2.30 bits per heavy atom. The lowest BCUT2D eigenvalue weighted by atomic mass is 9.78. The van der Waals surface area contributed by atoms with Crippen LogP contribution in [0.15, 0.2) is 0 Å². The number of carbonyl (C=O) groups is 1. The molecule has 0 spiro atoms. The molecule has 0 radical (unpaired) electrons. The van der Waals surface area contributed by atoms with Crippen LogP contribution in [0.3, 0.4) is 0 Å². The van der Waals surface area contributed by atoms with Crippen LogP contribution in [0, 0.1) is 11.8 Å². The molecule has 1 amide bonds. The first-order valence-electron chi connectivity index (χ1n) is 4.14. The van der Waals surface area contributed by atoms with E-state index in [1.54, 1.807) is 0 Å². The van der Waals surface area contributed by atoms with Crippen molar-refractivity contribution in [1.29, 1.82) is 0 Å². The third kappa shape index (κ3) is 0.917. The number of piperidine rings is 1. The van der Waals surface area contributed by atoms with Gasteiger partial charge in [0.2, 0.25) is 5.91 Å². The zero-order valence-corrected chi connectivity index (χ0v) is 6.10. The predicted molar refractivity (Wildman–Crippen MR) is 38.5 cm³/mol. The molecule has 1 saturated carbocycles. The number of hydrogen-bond acceptors (Lipinski definition) is 1. The van der Waals surface area contributed by atoms with Crippen molar-refractivity contribution >= 4 is 5.91 Å². The zero-order valence-electron chi connectivity index (χ0n) is 6.10. The van der Waals surface area contributed by atoms with Gasteiger partial charge in [0.1, 0.15) is 0 Å². The van der Waals surface area contributed by atoms with Gasteiger partial charge < -0.3 is 5.32 Å². The molecule has 1 N–H and O–H groups in total. The molecule has 10 heavy (non-hydrogen) atoms. The van der Waals surface area contributed by atoms with Crippen molar-refractivity contribution < 1.29 is 4.79 Å². The standard InChI is InChI=1S/C8H13NO/c10-8-7-3-1-2-6(4-7)5-9-8/h6-7H,1-5H2,(H,9,10). The highest BCUT2D eigenvalue weighted by Gasteiger charge is 2.31. The van der Waals surface area contributed by atoms with E-state index >= 15 is 0 Å². The molecule has 1 heterocycles. The summed E-state index contributed by atoms with van der Waals surface area (Å²) in [5.74, 6) is 1.47. The van der Waals surface area contributed by atoms with Gasteiger partial charge in [-0.25, -0.2) is 0 Å². The number of fused-ring (bicyclic) bond motifs is 2. The average molecular weight is 139 g/mol. The van der Waals surface area contributed by atoms with Gasteiger partial charge in [0.25, 0.3) is 0 Å². The van der Waals surface area contributed by atoms with E-state index in [9.17, 15) is 4.79 Å². The number of rotatable bonds is 0. The van der Waals surface area contributed by atoms with Crippen molar-refractivity contribution in [2.75, 3.05) is 6.54 Å². The van der Waals surface area contributed by atoms with Gasteiger partial charge in [0, 0.05) is 12.5 Å². The molecule has 0 aromatic heterocycles. The SMILES string of the molecule is O=C1NCC2CCCC1C2. The molecule has 2 bridgehead atoms. The monoisotopic (exact) mass is 139 g/mol. The highest BCUT2D eigenvalue weighted by molar-refractivity contribution is 5.79. The second kappa shape index (κ2) is 2.26. The van der Waals surface area contributed by atoms with Crippen LogP contribution >= 0.6 is 0 Å². The van der Waals surface area contributed by atoms with E-state index < -0.39 is 0 Å². The summed E-state index contributed by atoms with van der Waals surface area (Å²) in [7, 11) is 0. The van der Waals surface area contributed by atoms with Crippen LogP contribution in [-0.4, -0.2) is 12.5 Å². The van der Waals surface area contributed by atoms with Gasteiger partial charge in [0.15, 0.2) is 0 Å². The third-order valence-electron chi connectivity index (χ3n) is 2.72. The molecule has 2 heteroatoms. The lowest BCUT2D eigenvalue weighted by Crippen LogP contribution is -2.43. The van der Waals surface area contributed by atoms with Gasteiger partial charge in [-0.05, 0) is 25.2 Å². The smallest absolute Gasteiger partial charge is 0.223 e. The molecule has 2 aliphatic rings. The number of carbonyl (C=O) groups excluding carboxylic acids is 1. The van der Waals surface area contributed by atoms with Crippen LogP contribution in [-0.2, 0) is 4.79 Å². The Balaban J connectivity index is 2.07. The molecule has 2 fully saturated rings. The fraction of sp³-hybridized carbons (Fsp3) is 0.875. The lowest BCUT2D eigenvalue weighted by Gasteiger charge is -2.33. The van der Waals surface area contributed by atoms with E-state index in [0.717, 1.165) is 25.3 Å². The van der Waals surface area contributed by atoms with E-state index in [0.29, 0.717) is 11.8 Å². The Morgan fingerprint density at radius 1 is 1.40 bits per heavy atom. The first kappa shape index (κ1) is 6.20. The van der Waals surface area contributed by atoms with Crippen molar-refractivity contribution in [2.24, 2.45) is 11.8 Å². The molecule has 56 valence electrons. The van der Waals surface area contributed by atoms with Crippen molar-refractivity contribution in [3.8, 4) is 0 Å². The summed E-state index contributed by atoms with van der Waals surface area (Å²) in [6.07, 6.45) is 4.88. The Kier molecular flexibility index (Phi) is 1.40. The minimum absolute atomic E-state index is 0.302. The van der Waals surface area contributed by atoms with Gasteiger partial charge >= 0.3 is 0 Å². The second-order valence-electron chi connectivity index (χ2n) is 3.47. The average Bonchev–Trinajstić information content (AvgIpc) is 1.99. The van der Waals surface area contributed by atoms with Gasteiger partial charge in [-0.3, -0.25) is 4.79 Å². The normalized spacial score (nSPS) is 39.0. The topological polar surface area (TPSA) is 29.1 Å². The quantitative estimate of drug-likeness (QED) is 0.531. The summed E-state index contributed by atoms with van der Waals surface area (Å²) in [4.78, 5) is 11.1. The predicted octanol–water partition coefficient (Wildman–Crippen LogP) is 0.923. The third-order valence-corrected chi connectivity index (χ3v) is 2.72. The lowest BCUT2D eigenvalue weighted by molar-refractivity contribution is -0.129. The molecular weight excluding hydrogens is 126 g/mol. The summed E-state index contributed by atoms with van der Waals surface area (Å²) < 4.78 is 0. The van der Waals surface area contributed by atoms with Gasteiger partial charge in [-0.2, -0.15) is 0 Å². The van der Waals surface area contributed by atoms with Crippen molar-refractivity contribution in [3.63, 3.8) is 0 Å². The number of amides is 1. The Morgan fingerprint density at radius 3 is 3.10 bits per heavy atom. The molecule has 1 saturated heterocycles. The van der Waals surface area contributed by atoms with E-state index in [-0.39, 0.29) is 0 Å². The van der Waals surface area contributed by atoms with E-state index in [1.807, 2.05) is 0 Å². The van der Waals surface area contributed by atoms with Crippen LogP contribution in [0.5, 0.6) is 0 Å². The molecule has 2 nitrogen and oxygen atoms in total. The molecule has 2 rings (SSSR count). The highest BCUT2D eigenvalue weighted by Crippen LogP contribution is 2.31. The summed E-state index contributed by atoms with van der Waals surface area (Å²) in [6, 6.07) is 0. The highest BCUT2D eigenvalue weighted by atomic mass is 16.1. The van der Waals surface area contributed by atoms with Crippen molar-refractivity contribution in [2.45, 2.75) is 25.7 Å². The van der Waals surface area contributed by atoms with E-state index in [2.05, 4.69) is 5.32 Å². The molecule has 0 aromatic carbocycles. The van der Waals surface area contributed by atoms with Crippen LogP contribution in [0.25, 0.3) is 0 Å². The Bertz CT molecular complexity index is 155. The Hall–Kier alpha value is -0.530. The first-order valence-corrected chi connectivity index (χ1v) is 4.14. The molecule has 2 atom stereocenters. The van der Waals surface area contributed by atoms with E-state index in [1.165, 1.54) is 12.8 Å². The van der Waals surface area contributed by atoms with Crippen molar-refractivity contribution in [3.05, 3.63) is 0 Å². The summed E-state index contributed by atoms with van der Waals surface area (Å²) in [5.41, 5.74) is 0. The summed E-state index contributed by atoms with van der Waals surface area (Å²) in [6.45, 7) is 0.940. The maximum Gasteiger partial charge on any atom is 0.223 e. The van der Waals surface area contributed by atoms with Crippen LogP contribution < -0.4 is 5.32 Å². The summed E-state index contributed by atoms with van der Waals surface area (Å²) >= 11 is 0. The van der Waals surface area contributed by atoms with E-state index in [4.69, 9.17) is 0 Å². The molecule has 2 unspecified atom stereocenters. The van der Waals surface area contributed by atoms with Crippen LogP contribution in [0.4, 0.5) is 0 Å². The van der Waals surface area contributed by atoms with Crippen LogP contribution in [0.1, 0.15) is 25.7 Å². The minimum atomic E-state index is 0.302. The number of nitrogens with one attached hydrogen (secondary N) is 1. The van der Waals surface area contributed by atoms with Gasteiger partial charge in [-0.1, -0.05) is 6.42 Å². The maximum atomic E-state index is 11.1. The van der Waals surface area contributed by atoms with Crippen molar-refractivity contribution in [1.82, 2.24) is 5.32 Å². The first-order chi connectivity index (χ1) is 4.86. The molecule has 1 aliphatic heterocycles. The van der Waals surface area contributed by atoms with Crippen LogP contribution in [0.2, 0.25) is 0 Å². The number of hydrogen-bond donors (Lipinski definition) is 1. The summed E-state index contributed by atoms with van der Waals surface area (Å²) in [5, 5.41) is 2.95. The fourth-order valence-corrected chi connectivity index (χ4v) is 2.10.